The molecular weight excluding hydrogens is 625 g/mol. The Balaban J connectivity index is 1.21. The molecular formula is C46H30N4O. The molecule has 5 nitrogen and oxygen atoms in total. The van der Waals surface area contributed by atoms with Crippen molar-refractivity contribution in [2.45, 2.75) is 6.17 Å². The molecule has 0 bridgehead atoms. The summed E-state index contributed by atoms with van der Waals surface area (Å²) >= 11 is 0. The lowest BCUT2D eigenvalue weighted by Gasteiger charge is -2.25. The molecule has 2 aromatic heterocycles. The van der Waals surface area contributed by atoms with E-state index < -0.39 is 0 Å². The molecule has 0 spiro atoms. The minimum atomic E-state index is -0.300. The average Bonchev–Trinajstić information content (AvgIpc) is 3.58. The number of aromatic nitrogens is 1. The Morgan fingerprint density at radius 1 is 0.529 bits per heavy atom. The number of nitrogens with zero attached hydrogens (tertiary/aromatic N) is 3. The summed E-state index contributed by atoms with van der Waals surface area (Å²) in [7, 11) is 0. The number of rotatable bonds is 5. The molecule has 7 aromatic carbocycles. The number of amidine groups is 2. The van der Waals surface area contributed by atoms with Gasteiger partial charge in [0.25, 0.3) is 0 Å². The summed E-state index contributed by atoms with van der Waals surface area (Å²) < 4.78 is 6.87. The monoisotopic (exact) mass is 654 g/mol. The van der Waals surface area contributed by atoms with Crippen molar-refractivity contribution in [3.8, 4) is 22.3 Å². The second-order valence-corrected chi connectivity index (χ2v) is 12.9. The van der Waals surface area contributed by atoms with Gasteiger partial charge in [-0.25, -0.2) is 9.98 Å². The maximum absolute atomic E-state index is 6.87. The summed E-state index contributed by atoms with van der Waals surface area (Å²) in [6.45, 7) is 0. The number of fused-ring (bicyclic) bond motifs is 5. The van der Waals surface area contributed by atoms with Crippen molar-refractivity contribution in [3.05, 3.63) is 187 Å². The van der Waals surface area contributed by atoms with Crippen molar-refractivity contribution >= 4 is 55.2 Å². The van der Waals surface area contributed by atoms with E-state index in [0.29, 0.717) is 5.84 Å². The highest BCUT2D eigenvalue weighted by atomic mass is 16.3. The Kier molecular flexibility index (Phi) is 6.81. The molecule has 0 saturated heterocycles. The zero-order valence-electron chi connectivity index (χ0n) is 27.5. The number of benzene rings is 7. The average molecular weight is 655 g/mol. The number of aliphatic imine (C=N–C) groups is 2. The summed E-state index contributed by atoms with van der Waals surface area (Å²) in [5, 5.41) is 10.3. The third kappa shape index (κ3) is 5.06. The highest BCUT2D eigenvalue weighted by Crippen LogP contribution is 2.44. The molecule has 1 atom stereocenters. The number of hydrogen-bond donors (Lipinski definition) is 1. The van der Waals surface area contributed by atoms with E-state index in [4.69, 9.17) is 14.4 Å². The molecule has 1 aliphatic rings. The lowest BCUT2D eigenvalue weighted by atomic mass is 9.91. The van der Waals surface area contributed by atoms with Crippen LogP contribution in [-0.2, 0) is 0 Å². The molecule has 1 N–H and O–H groups in total. The van der Waals surface area contributed by atoms with Crippen LogP contribution in [-0.4, -0.2) is 16.7 Å². The van der Waals surface area contributed by atoms with Crippen LogP contribution in [0.3, 0.4) is 0 Å². The second-order valence-electron chi connectivity index (χ2n) is 12.9. The quantitative estimate of drug-likeness (QED) is 0.201. The number of hydrogen-bond acceptors (Lipinski definition) is 5. The lowest BCUT2D eigenvalue weighted by molar-refractivity contribution is 0.670. The first-order valence-corrected chi connectivity index (χ1v) is 17.1. The van der Waals surface area contributed by atoms with Crippen LogP contribution in [0.15, 0.2) is 185 Å². The summed E-state index contributed by atoms with van der Waals surface area (Å²) in [5.74, 6) is 1.46. The van der Waals surface area contributed by atoms with Crippen LogP contribution >= 0.6 is 0 Å². The van der Waals surface area contributed by atoms with Gasteiger partial charge in [0.2, 0.25) is 0 Å². The molecule has 0 radical (unpaired) electrons. The van der Waals surface area contributed by atoms with Gasteiger partial charge >= 0.3 is 0 Å². The topological polar surface area (TPSA) is 62.8 Å². The summed E-state index contributed by atoms with van der Waals surface area (Å²) in [4.78, 5) is 14.7. The Hall–Kier alpha value is -6.85. The van der Waals surface area contributed by atoms with E-state index in [-0.39, 0.29) is 6.17 Å². The first-order chi connectivity index (χ1) is 25.3. The van der Waals surface area contributed by atoms with Gasteiger partial charge in [0.05, 0.1) is 0 Å². The van der Waals surface area contributed by atoms with Gasteiger partial charge in [0, 0.05) is 45.2 Å². The predicted molar refractivity (Wildman–Crippen MR) is 209 cm³/mol. The molecule has 0 amide bonds. The van der Waals surface area contributed by atoms with Crippen molar-refractivity contribution in [2.75, 3.05) is 0 Å². The van der Waals surface area contributed by atoms with Gasteiger partial charge in [0.15, 0.2) is 5.84 Å². The van der Waals surface area contributed by atoms with Gasteiger partial charge < -0.3 is 9.73 Å². The molecule has 0 saturated carbocycles. The van der Waals surface area contributed by atoms with Crippen LogP contribution in [0.4, 0.5) is 0 Å². The van der Waals surface area contributed by atoms with Crippen LogP contribution in [0.2, 0.25) is 0 Å². The zero-order chi connectivity index (χ0) is 33.7. The Bertz CT molecular complexity index is 2840. The predicted octanol–water partition coefficient (Wildman–Crippen LogP) is 11.1. The van der Waals surface area contributed by atoms with E-state index >= 15 is 0 Å². The first kappa shape index (κ1) is 29.1. The Morgan fingerprint density at radius 3 is 2.12 bits per heavy atom. The van der Waals surface area contributed by atoms with E-state index in [1.807, 2.05) is 54.9 Å². The van der Waals surface area contributed by atoms with E-state index in [2.05, 4.69) is 126 Å². The van der Waals surface area contributed by atoms with Gasteiger partial charge in [0.1, 0.15) is 23.2 Å². The van der Waals surface area contributed by atoms with Crippen LogP contribution in [0.1, 0.15) is 22.9 Å². The molecule has 0 fully saturated rings. The van der Waals surface area contributed by atoms with E-state index in [1.165, 1.54) is 10.8 Å². The Morgan fingerprint density at radius 2 is 1.25 bits per heavy atom. The molecule has 51 heavy (non-hydrogen) atoms. The van der Waals surface area contributed by atoms with Crippen molar-refractivity contribution in [1.29, 1.82) is 0 Å². The fourth-order valence-corrected chi connectivity index (χ4v) is 7.30. The standard InChI is InChI=1S/C46H30N4O/c1-3-12-30(13-4-1)44-48-45(31-14-5-2-6-15-31)50-46(49-44)39-18-10-9-17-37(39)38-22-21-36(34-20-19-29-11-7-8-16-32(29)25-34)43-42(38)40-26-35-28-47-24-23-33(35)27-41(40)51-43/h1-28,44H,(H,48,49,50). The lowest BCUT2D eigenvalue weighted by Crippen LogP contribution is -2.33. The van der Waals surface area contributed by atoms with Gasteiger partial charge in [-0.2, -0.15) is 0 Å². The molecule has 10 rings (SSSR count). The minimum absolute atomic E-state index is 0.300. The van der Waals surface area contributed by atoms with Crippen LogP contribution in [0.5, 0.6) is 0 Å². The number of furan rings is 1. The normalized spacial score (nSPS) is 14.5. The molecule has 240 valence electrons. The third-order valence-corrected chi connectivity index (χ3v) is 9.80. The minimum Gasteiger partial charge on any atom is -0.455 e. The highest BCUT2D eigenvalue weighted by Gasteiger charge is 2.25. The molecule has 1 aliphatic heterocycles. The molecule has 1 unspecified atom stereocenters. The zero-order valence-corrected chi connectivity index (χ0v) is 27.5. The van der Waals surface area contributed by atoms with Crippen molar-refractivity contribution in [1.82, 2.24) is 10.3 Å². The fourth-order valence-electron chi connectivity index (χ4n) is 7.30. The second kappa shape index (κ2) is 11.9. The molecule has 0 aliphatic carbocycles. The van der Waals surface area contributed by atoms with Crippen molar-refractivity contribution < 1.29 is 4.42 Å². The highest BCUT2D eigenvalue weighted by molar-refractivity contribution is 6.21. The Labute approximate surface area is 294 Å². The fraction of sp³-hybridized carbons (Fsp3) is 0.0217. The van der Waals surface area contributed by atoms with Gasteiger partial charge in [-0.05, 0) is 68.7 Å². The SMILES string of the molecule is c1ccc(C2=NC(c3ccccc3)NC(c3ccccc3-c3ccc(-c4ccc5ccccc5c4)c4oc5cc6ccncc6cc5c34)=N2)cc1. The number of nitrogens with one attached hydrogen (secondary N) is 1. The summed E-state index contributed by atoms with van der Waals surface area (Å²) in [6, 6.07) is 54.9. The van der Waals surface area contributed by atoms with Gasteiger partial charge in [-0.3, -0.25) is 4.98 Å². The van der Waals surface area contributed by atoms with Crippen molar-refractivity contribution in [2.24, 2.45) is 9.98 Å². The maximum Gasteiger partial charge on any atom is 0.159 e. The maximum atomic E-state index is 6.87. The van der Waals surface area contributed by atoms with Gasteiger partial charge in [-0.1, -0.05) is 127 Å². The smallest absolute Gasteiger partial charge is 0.159 e. The first-order valence-electron chi connectivity index (χ1n) is 17.1. The third-order valence-electron chi connectivity index (χ3n) is 9.80. The van der Waals surface area contributed by atoms with E-state index in [1.54, 1.807) is 0 Å². The largest absolute Gasteiger partial charge is 0.455 e. The van der Waals surface area contributed by atoms with Crippen LogP contribution < -0.4 is 5.32 Å². The van der Waals surface area contributed by atoms with Crippen molar-refractivity contribution in [3.63, 3.8) is 0 Å². The molecule has 3 heterocycles. The van der Waals surface area contributed by atoms with E-state index in [9.17, 15) is 0 Å². The van der Waals surface area contributed by atoms with Crippen LogP contribution in [0.25, 0.3) is 65.7 Å². The van der Waals surface area contributed by atoms with Crippen LogP contribution in [0, 0.1) is 0 Å². The molecule has 5 heteroatoms. The summed E-state index contributed by atoms with van der Waals surface area (Å²) in [6.07, 6.45) is 3.45. The summed E-state index contributed by atoms with van der Waals surface area (Å²) in [5.41, 5.74) is 8.98. The van der Waals surface area contributed by atoms with Gasteiger partial charge in [-0.15, -0.1) is 0 Å². The molecule has 9 aromatic rings. The number of pyridine rings is 1. The van der Waals surface area contributed by atoms with E-state index in [0.717, 1.165) is 77.5 Å².